The first-order valence-electron chi connectivity index (χ1n) is 31.7. The molecule has 0 radical (unpaired) electrons. The second-order valence-electron chi connectivity index (χ2n) is 26.2. The van der Waals surface area contributed by atoms with Crippen molar-refractivity contribution in [3.8, 4) is 11.5 Å². The Morgan fingerprint density at radius 1 is 0.653 bits per heavy atom. The quantitative estimate of drug-likeness (QED) is 0.112. The van der Waals surface area contributed by atoms with Crippen molar-refractivity contribution < 1.29 is 154 Å². The van der Waals surface area contributed by atoms with Crippen molar-refractivity contribution in [2.24, 2.45) is 5.92 Å². The number of carbonyl (C=O) groups is 3. The van der Waals surface area contributed by atoms with E-state index in [1.807, 2.05) is 0 Å². The maximum Gasteiger partial charge on any atom is 0.342 e. The van der Waals surface area contributed by atoms with Gasteiger partial charge in [0.2, 0.25) is 6.29 Å². The van der Waals surface area contributed by atoms with Crippen molar-refractivity contribution >= 4 is 40.9 Å². The molecule has 0 saturated carbocycles. The van der Waals surface area contributed by atoms with E-state index in [2.05, 4.69) is 0 Å². The fraction of sp³-hybridized carbons (Fsp3) is 0.852. The number of rotatable bonds is 18. The predicted molar refractivity (Wildman–Crippen MR) is 313 cm³/mol. The molecule has 32 nitrogen and oxygen atoms in total. The molecule has 34 heteroatoms. The fourth-order valence-electron chi connectivity index (χ4n) is 14.6. The van der Waals surface area contributed by atoms with Gasteiger partial charge in [0.05, 0.1) is 80.4 Å². The number of halogens is 2. The average Bonchev–Trinajstić information content (AvgIpc) is 1.59. The number of methoxy groups -OCH3 is 4. The Bertz CT molecular complexity index is 2890. The van der Waals surface area contributed by atoms with Crippen LogP contribution in [0.1, 0.15) is 97.5 Å². The van der Waals surface area contributed by atoms with E-state index < -0.39 is 218 Å². The third-order valence-electron chi connectivity index (χ3n) is 19.4. The number of fused-ring (bicyclic) bond motifs is 4. The Balaban J connectivity index is 0.722. The van der Waals surface area contributed by atoms with Crippen LogP contribution in [0.3, 0.4) is 0 Å². The molecule has 95 heavy (non-hydrogen) atoms. The minimum Gasteiger partial charge on any atom is -0.505 e. The molecule has 10 aliphatic rings. The van der Waals surface area contributed by atoms with E-state index in [4.69, 9.17) is 132 Å². The van der Waals surface area contributed by atoms with E-state index in [1.165, 1.54) is 49.2 Å². The summed E-state index contributed by atoms with van der Waals surface area (Å²) >= 11 is 12.5. The number of hydrogen-bond donors (Lipinski definition) is 6. The minimum absolute atomic E-state index is 0.00299. The lowest BCUT2D eigenvalue weighted by atomic mass is 9.81. The van der Waals surface area contributed by atoms with Crippen LogP contribution in [0.5, 0.6) is 11.5 Å². The second kappa shape index (κ2) is 28.4. The number of ether oxygens (including phenoxy) is 23. The monoisotopic (exact) mass is 1400 g/mol. The lowest BCUT2D eigenvalue weighted by Crippen LogP contribution is -2.72. The van der Waals surface area contributed by atoms with Crippen LogP contribution in [-0.2, 0) is 114 Å². The number of hydrogen-bond acceptors (Lipinski definition) is 32. The Labute approximate surface area is 557 Å². The van der Waals surface area contributed by atoms with Crippen molar-refractivity contribution in [1.82, 2.24) is 0 Å². The molecule has 31 unspecified atom stereocenters. The van der Waals surface area contributed by atoms with Crippen LogP contribution < -0.4 is 4.74 Å². The topological polar surface area (TPSA) is 385 Å². The summed E-state index contributed by atoms with van der Waals surface area (Å²) in [4.78, 5) is 39.8. The normalized spacial score (nSPS) is 47.3. The molecule has 10 aliphatic heterocycles. The molecule has 0 amide bonds. The molecule has 538 valence electrons. The number of phenolic OH excluding ortho intramolecular Hbond substituents is 1. The summed E-state index contributed by atoms with van der Waals surface area (Å²) < 4.78 is 142. The summed E-state index contributed by atoms with van der Waals surface area (Å²) in [5.41, 5.74) is -3.34. The number of aliphatic hydroxyl groups is 5. The van der Waals surface area contributed by atoms with Crippen LogP contribution in [0.25, 0.3) is 0 Å². The molecular weight excluding hydrogens is 1320 g/mol. The van der Waals surface area contributed by atoms with Gasteiger partial charge in [-0.25, -0.2) is 4.79 Å². The number of aromatic hydroxyl groups is 1. The molecule has 2 spiro atoms. The third-order valence-corrected chi connectivity index (χ3v) is 20.2. The maximum atomic E-state index is 13.6. The molecule has 0 bridgehead atoms. The van der Waals surface area contributed by atoms with Gasteiger partial charge in [-0.1, -0.05) is 37.0 Å². The van der Waals surface area contributed by atoms with E-state index in [-0.39, 0.29) is 66.2 Å². The molecular formula is C61H88Cl2O32. The number of carbonyl (C=O) groups excluding carboxylic acids is 3. The highest BCUT2D eigenvalue weighted by atomic mass is 35.5. The van der Waals surface area contributed by atoms with E-state index in [9.17, 15) is 45.0 Å². The van der Waals surface area contributed by atoms with Gasteiger partial charge in [-0.15, -0.1) is 0 Å². The van der Waals surface area contributed by atoms with E-state index in [0.717, 1.165) is 0 Å². The first-order valence-corrected chi connectivity index (χ1v) is 32.5. The van der Waals surface area contributed by atoms with Crippen molar-refractivity contribution in [2.45, 2.75) is 277 Å². The smallest absolute Gasteiger partial charge is 0.342 e. The van der Waals surface area contributed by atoms with Gasteiger partial charge in [0, 0.05) is 34.2 Å². The molecule has 10 heterocycles. The van der Waals surface area contributed by atoms with E-state index in [0.29, 0.717) is 0 Å². The van der Waals surface area contributed by atoms with E-state index in [1.54, 1.807) is 48.5 Å². The molecule has 1 aromatic carbocycles. The first-order chi connectivity index (χ1) is 44.9. The van der Waals surface area contributed by atoms with Gasteiger partial charge in [-0.3, -0.25) is 9.59 Å². The van der Waals surface area contributed by atoms with Crippen molar-refractivity contribution in [3.05, 3.63) is 21.2 Å². The molecule has 0 aromatic heterocycles. The van der Waals surface area contributed by atoms with Gasteiger partial charge in [0.15, 0.2) is 66.4 Å². The summed E-state index contributed by atoms with van der Waals surface area (Å²) in [5, 5.41) is 69.1. The number of phenols is 1. The number of benzene rings is 1. The Hall–Kier alpha value is -2.99. The molecule has 10 saturated heterocycles. The number of Topliss-reactive ketones (excluding diaryl/α,β-unsaturated/α-hetero) is 1. The Kier molecular flexibility index (Phi) is 21.9. The number of esters is 2. The summed E-state index contributed by atoms with van der Waals surface area (Å²) in [6.45, 7) is 15.0. The van der Waals surface area contributed by atoms with Gasteiger partial charge in [0.1, 0.15) is 96.2 Å². The van der Waals surface area contributed by atoms with Crippen LogP contribution in [0, 0.1) is 12.8 Å². The third kappa shape index (κ3) is 13.4. The van der Waals surface area contributed by atoms with Crippen LogP contribution in [0.4, 0.5) is 0 Å². The van der Waals surface area contributed by atoms with Gasteiger partial charge < -0.3 is 140 Å². The van der Waals surface area contributed by atoms with Crippen LogP contribution in [0.2, 0.25) is 10.0 Å². The molecule has 1 aromatic rings. The summed E-state index contributed by atoms with van der Waals surface area (Å²) in [6.07, 6.45) is -32.8. The predicted octanol–water partition coefficient (Wildman–Crippen LogP) is 1.05. The van der Waals surface area contributed by atoms with Crippen molar-refractivity contribution in [2.75, 3.05) is 48.4 Å². The summed E-state index contributed by atoms with van der Waals surface area (Å²) in [7, 11) is 5.35. The van der Waals surface area contributed by atoms with Gasteiger partial charge >= 0.3 is 17.9 Å². The lowest BCUT2D eigenvalue weighted by molar-refractivity contribution is -0.428. The first kappa shape index (κ1) is 73.2. The summed E-state index contributed by atoms with van der Waals surface area (Å²) in [6, 6.07) is 0. The highest BCUT2D eigenvalue weighted by molar-refractivity contribution is 6.39. The molecule has 31 atom stereocenters. The van der Waals surface area contributed by atoms with Crippen LogP contribution in [-0.4, -0.2) is 286 Å². The number of aliphatic hydroxyl groups excluding tert-OH is 4. The van der Waals surface area contributed by atoms with Crippen LogP contribution >= 0.6 is 23.2 Å². The number of ketones is 1. The lowest BCUT2D eigenvalue weighted by Gasteiger charge is -2.49. The molecule has 6 N–H and O–H groups in total. The Morgan fingerprint density at radius 2 is 1.34 bits per heavy atom. The van der Waals surface area contributed by atoms with Crippen molar-refractivity contribution in [1.29, 1.82) is 0 Å². The summed E-state index contributed by atoms with van der Waals surface area (Å²) in [5.74, 6) is -7.41. The SMILES string of the molecule is COCC1OC(OC2OCC3OC4(OC3C2OC(=O)C(C)C)OC(C)C(O)(C(C)=O)C2OCOC24)C(OC)C(O)C1OC1OC(C)C(OC)C(OC2CC3(C)OC4(CC(O)C(OC5CC(O)C(OC(=O)c6c(C)c(Cl)c(O)c(Cl)c6OC)C(C)O5)C(C)O4)OC3C(C)O2)C1O. The van der Waals surface area contributed by atoms with E-state index >= 15 is 0 Å². The molecule has 10 fully saturated rings. The second-order valence-corrected chi connectivity index (χ2v) is 27.0. The zero-order chi connectivity index (χ0) is 68.9. The zero-order valence-corrected chi connectivity index (χ0v) is 56.5. The fourth-order valence-corrected chi connectivity index (χ4v) is 15.1. The largest absolute Gasteiger partial charge is 0.505 e. The van der Waals surface area contributed by atoms with Crippen LogP contribution in [0.15, 0.2) is 0 Å². The minimum atomic E-state index is -2.13. The van der Waals surface area contributed by atoms with Gasteiger partial charge in [0.25, 0.3) is 5.97 Å². The van der Waals surface area contributed by atoms with Gasteiger partial charge in [-0.05, 0) is 61.0 Å². The zero-order valence-electron chi connectivity index (χ0n) is 55.0. The standard InChI is InChI=1S/C61H88Cl2O32/c1-21(2)53(70)87-49-45-32(92-61(93-45)52-51(78-20-79-52)60(72,27(8)64)28(9)91-61)19-77-56(49)89-57-48(76-14)39(68)44(31(83-57)18-73-11)88-55-40(69)47(43(74-12)24(5)82-55)85-34-17-58(10)50(26(7)81-34)94-59(95-58)16-30(66)42(25(6)90-59)84-33-15-29(65)41(23(4)80-33)86-54(71)35-22(3)36(62)38(67)37(63)46(35)75-13/h21,23-26,28-34,39-45,47-52,55-57,65-69,72H,15-20H2,1-14H3. The van der Waals surface area contributed by atoms with Gasteiger partial charge in [-0.2, -0.15) is 0 Å². The average molecular weight is 1400 g/mol. The molecule has 11 rings (SSSR count). The molecule has 0 aliphatic carbocycles. The highest BCUT2D eigenvalue weighted by Gasteiger charge is 2.73. The maximum absolute atomic E-state index is 13.6. The Morgan fingerprint density at radius 3 is 1.99 bits per heavy atom. The highest BCUT2D eigenvalue weighted by Crippen LogP contribution is 2.53. The van der Waals surface area contributed by atoms with Crippen molar-refractivity contribution in [3.63, 3.8) is 0 Å².